The molecule has 0 aromatic carbocycles. The number of rotatable bonds is 5. The molecule has 0 fully saturated rings. The standard InChI is InChI=1S/C11H19N5O3/c1-7(10(17)15(2)3)16-8(5-6-12)9(13-14-16)11(18)19-4/h7H,5-6,12H2,1-4H3. The lowest BCUT2D eigenvalue weighted by Gasteiger charge is -2.18. The van der Waals surface area contributed by atoms with Crippen molar-refractivity contribution < 1.29 is 14.3 Å². The molecule has 0 aliphatic carbocycles. The first-order chi connectivity index (χ1) is 8.93. The number of amides is 1. The fourth-order valence-corrected chi connectivity index (χ4v) is 1.73. The van der Waals surface area contributed by atoms with Gasteiger partial charge >= 0.3 is 5.97 Å². The van der Waals surface area contributed by atoms with E-state index in [4.69, 9.17) is 5.73 Å². The minimum absolute atomic E-state index is 0.103. The minimum atomic E-state index is -0.584. The van der Waals surface area contributed by atoms with E-state index in [1.165, 1.54) is 16.7 Å². The molecule has 8 heteroatoms. The normalized spacial score (nSPS) is 12.1. The van der Waals surface area contributed by atoms with Gasteiger partial charge in [0.2, 0.25) is 5.91 Å². The van der Waals surface area contributed by atoms with Gasteiger partial charge in [-0.15, -0.1) is 5.10 Å². The Morgan fingerprint density at radius 2 is 2.11 bits per heavy atom. The van der Waals surface area contributed by atoms with Crippen LogP contribution in [0.5, 0.6) is 0 Å². The summed E-state index contributed by atoms with van der Waals surface area (Å²) in [7, 11) is 4.57. The van der Waals surface area contributed by atoms with Gasteiger partial charge in [0.25, 0.3) is 0 Å². The quantitative estimate of drug-likeness (QED) is 0.703. The van der Waals surface area contributed by atoms with Crippen molar-refractivity contribution in [2.45, 2.75) is 19.4 Å². The number of nitrogens with two attached hydrogens (primary N) is 1. The molecule has 106 valence electrons. The second-order valence-electron chi connectivity index (χ2n) is 4.27. The van der Waals surface area contributed by atoms with Crippen LogP contribution >= 0.6 is 0 Å². The molecule has 0 radical (unpaired) electrons. The highest BCUT2D eigenvalue weighted by Gasteiger charge is 2.26. The third-order valence-electron chi connectivity index (χ3n) is 2.72. The molecule has 1 amide bonds. The lowest BCUT2D eigenvalue weighted by molar-refractivity contribution is -0.132. The SMILES string of the molecule is COC(=O)c1nnn(C(C)C(=O)N(C)C)c1CCN. The molecule has 0 spiro atoms. The van der Waals surface area contributed by atoms with Crippen LogP contribution in [-0.4, -0.2) is 59.5 Å². The van der Waals surface area contributed by atoms with Crippen molar-refractivity contribution >= 4 is 11.9 Å². The number of aromatic nitrogens is 3. The van der Waals surface area contributed by atoms with Gasteiger partial charge in [-0.1, -0.05) is 5.21 Å². The molecule has 0 aliphatic rings. The van der Waals surface area contributed by atoms with E-state index in [1.54, 1.807) is 21.0 Å². The molecule has 0 bridgehead atoms. The van der Waals surface area contributed by atoms with Crippen molar-refractivity contribution in [3.8, 4) is 0 Å². The molecule has 1 atom stereocenters. The van der Waals surface area contributed by atoms with Crippen LogP contribution in [0.25, 0.3) is 0 Å². The highest BCUT2D eigenvalue weighted by molar-refractivity contribution is 5.88. The van der Waals surface area contributed by atoms with E-state index in [1.807, 2.05) is 0 Å². The van der Waals surface area contributed by atoms with E-state index in [0.29, 0.717) is 18.7 Å². The van der Waals surface area contributed by atoms with Gasteiger partial charge in [0.05, 0.1) is 12.8 Å². The van der Waals surface area contributed by atoms with Crippen LogP contribution in [-0.2, 0) is 16.0 Å². The van der Waals surface area contributed by atoms with Gasteiger partial charge in [0.1, 0.15) is 6.04 Å². The largest absolute Gasteiger partial charge is 0.464 e. The molecule has 0 saturated heterocycles. The Labute approximate surface area is 111 Å². The number of carbonyl (C=O) groups is 2. The topological polar surface area (TPSA) is 103 Å². The van der Waals surface area contributed by atoms with E-state index in [0.717, 1.165) is 0 Å². The summed E-state index contributed by atoms with van der Waals surface area (Å²) < 4.78 is 6.05. The summed E-state index contributed by atoms with van der Waals surface area (Å²) in [6.07, 6.45) is 0.391. The monoisotopic (exact) mass is 269 g/mol. The average Bonchev–Trinajstić information content (AvgIpc) is 2.80. The summed E-state index contributed by atoms with van der Waals surface area (Å²) in [5.41, 5.74) is 6.13. The summed E-state index contributed by atoms with van der Waals surface area (Å²) >= 11 is 0. The van der Waals surface area contributed by atoms with Gasteiger partial charge in [0, 0.05) is 20.5 Å². The van der Waals surface area contributed by atoms with Crippen LogP contribution in [0.2, 0.25) is 0 Å². The number of nitrogens with zero attached hydrogens (tertiary/aromatic N) is 4. The van der Waals surface area contributed by atoms with Crippen LogP contribution in [0.15, 0.2) is 0 Å². The van der Waals surface area contributed by atoms with Gasteiger partial charge in [-0.2, -0.15) is 0 Å². The summed E-state index contributed by atoms with van der Waals surface area (Å²) in [5.74, 6) is -0.723. The lowest BCUT2D eigenvalue weighted by Crippen LogP contribution is -2.31. The maximum atomic E-state index is 11.9. The fourth-order valence-electron chi connectivity index (χ4n) is 1.73. The van der Waals surface area contributed by atoms with Crippen molar-refractivity contribution in [3.05, 3.63) is 11.4 Å². The summed E-state index contributed by atoms with van der Waals surface area (Å²) in [6.45, 7) is 2.01. The molecule has 1 rings (SSSR count). The smallest absolute Gasteiger partial charge is 0.360 e. The molecule has 1 unspecified atom stereocenters. The molecular weight excluding hydrogens is 250 g/mol. The molecule has 1 aromatic rings. The highest BCUT2D eigenvalue weighted by Crippen LogP contribution is 2.15. The fraction of sp³-hybridized carbons (Fsp3) is 0.636. The highest BCUT2D eigenvalue weighted by atomic mass is 16.5. The third-order valence-corrected chi connectivity index (χ3v) is 2.72. The molecule has 0 aliphatic heterocycles. The number of likely N-dealkylation sites (N-methyl/N-ethyl adjacent to an activating group) is 1. The van der Waals surface area contributed by atoms with Crippen LogP contribution in [0.4, 0.5) is 0 Å². The number of hydrogen-bond acceptors (Lipinski definition) is 6. The number of carbonyl (C=O) groups excluding carboxylic acids is 2. The Kier molecular flexibility index (Phi) is 4.99. The van der Waals surface area contributed by atoms with Crippen molar-refractivity contribution in [2.24, 2.45) is 5.73 Å². The van der Waals surface area contributed by atoms with Gasteiger partial charge in [-0.3, -0.25) is 4.79 Å². The number of methoxy groups -OCH3 is 1. The van der Waals surface area contributed by atoms with Crippen molar-refractivity contribution in [3.63, 3.8) is 0 Å². The van der Waals surface area contributed by atoms with Gasteiger partial charge in [-0.05, 0) is 13.5 Å². The Balaban J connectivity index is 3.17. The van der Waals surface area contributed by atoms with Gasteiger partial charge < -0.3 is 15.4 Å². The molecule has 2 N–H and O–H groups in total. The lowest BCUT2D eigenvalue weighted by atomic mass is 10.2. The maximum Gasteiger partial charge on any atom is 0.360 e. The summed E-state index contributed by atoms with van der Waals surface area (Å²) in [5, 5.41) is 7.65. The summed E-state index contributed by atoms with van der Waals surface area (Å²) in [4.78, 5) is 25.0. The van der Waals surface area contributed by atoms with E-state index >= 15 is 0 Å². The van der Waals surface area contributed by atoms with Gasteiger partial charge in [0.15, 0.2) is 5.69 Å². The van der Waals surface area contributed by atoms with E-state index in [9.17, 15) is 9.59 Å². The predicted octanol–water partition coefficient (Wildman–Crippen LogP) is -0.785. The second kappa shape index (κ2) is 6.28. The Morgan fingerprint density at radius 1 is 1.47 bits per heavy atom. The first-order valence-electron chi connectivity index (χ1n) is 5.87. The first-order valence-corrected chi connectivity index (χ1v) is 5.87. The molecule has 8 nitrogen and oxygen atoms in total. The van der Waals surface area contributed by atoms with Crippen molar-refractivity contribution in [1.29, 1.82) is 0 Å². The van der Waals surface area contributed by atoms with E-state index in [-0.39, 0.29) is 11.6 Å². The third kappa shape index (κ3) is 3.08. The van der Waals surface area contributed by atoms with Crippen LogP contribution in [0.1, 0.15) is 29.1 Å². The maximum absolute atomic E-state index is 11.9. The molecule has 0 saturated carbocycles. The molecule has 19 heavy (non-hydrogen) atoms. The molecule has 1 heterocycles. The van der Waals surface area contributed by atoms with Crippen molar-refractivity contribution in [1.82, 2.24) is 19.9 Å². The summed E-state index contributed by atoms with van der Waals surface area (Å²) in [6, 6.07) is -0.553. The molecule has 1 aromatic heterocycles. The predicted molar refractivity (Wildman–Crippen MR) is 67.5 cm³/mol. The van der Waals surface area contributed by atoms with Crippen LogP contribution in [0.3, 0.4) is 0 Å². The minimum Gasteiger partial charge on any atom is -0.464 e. The van der Waals surface area contributed by atoms with Crippen LogP contribution in [0, 0.1) is 0 Å². The Morgan fingerprint density at radius 3 is 2.58 bits per heavy atom. The Hall–Kier alpha value is -1.96. The number of hydrogen-bond donors (Lipinski definition) is 1. The van der Waals surface area contributed by atoms with E-state index in [2.05, 4.69) is 15.0 Å². The van der Waals surface area contributed by atoms with Gasteiger partial charge in [-0.25, -0.2) is 9.48 Å². The zero-order valence-electron chi connectivity index (χ0n) is 11.6. The number of esters is 1. The number of ether oxygens (including phenoxy) is 1. The second-order valence-corrected chi connectivity index (χ2v) is 4.27. The molecular formula is C11H19N5O3. The Bertz CT molecular complexity index is 469. The zero-order chi connectivity index (χ0) is 14.6. The van der Waals surface area contributed by atoms with E-state index < -0.39 is 12.0 Å². The van der Waals surface area contributed by atoms with Crippen molar-refractivity contribution in [2.75, 3.05) is 27.7 Å². The van der Waals surface area contributed by atoms with Crippen LogP contribution < -0.4 is 5.73 Å². The zero-order valence-corrected chi connectivity index (χ0v) is 11.6. The average molecular weight is 269 g/mol. The first kappa shape index (κ1) is 15.1.